The van der Waals surface area contributed by atoms with Crippen LogP contribution in [0.15, 0.2) is 49.6 Å². The van der Waals surface area contributed by atoms with Crippen molar-refractivity contribution in [2.75, 3.05) is 18.0 Å². The number of halogens is 3. The molecule has 39 heavy (non-hydrogen) atoms. The third kappa shape index (κ3) is 11.2. The SMILES string of the molecule is CCCN(CCC(CC)CC(=NC(C)=O)N=C(C)C(CC)CCC1=C=C=C(C(F)(F)F)S1)c1ccc(C)cn1. The Morgan fingerprint density at radius 2 is 1.82 bits per heavy atom. The molecule has 0 aliphatic carbocycles. The van der Waals surface area contributed by atoms with E-state index in [1.165, 1.54) is 6.92 Å². The second kappa shape index (κ2) is 15.9. The number of hydrogen-bond acceptors (Lipinski definition) is 4. The van der Waals surface area contributed by atoms with E-state index in [2.05, 4.69) is 52.3 Å². The summed E-state index contributed by atoms with van der Waals surface area (Å²) in [5.41, 5.74) is 6.82. The highest BCUT2D eigenvalue weighted by atomic mass is 32.2. The molecule has 1 aliphatic heterocycles. The fourth-order valence-electron chi connectivity index (χ4n) is 4.45. The Balaban J connectivity index is 2.08. The molecule has 1 aromatic heterocycles. The molecule has 0 spiro atoms. The summed E-state index contributed by atoms with van der Waals surface area (Å²) in [6.07, 6.45) is 2.86. The van der Waals surface area contributed by atoms with Crippen LogP contribution in [-0.2, 0) is 4.79 Å². The van der Waals surface area contributed by atoms with Crippen LogP contribution in [0.3, 0.4) is 0 Å². The third-order valence-electron chi connectivity index (χ3n) is 6.76. The number of rotatable bonds is 14. The monoisotopic (exact) mass is 562 g/mol. The van der Waals surface area contributed by atoms with Crippen LogP contribution >= 0.6 is 11.8 Å². The van der Waals surface area contributed by atoms with Crippen LogP contribution in [0.5, 0.6) is 0 Å². The fourth-order valence-corrected chi connectivity index (χ4v) is 5.24. The van der Waals surface area contributed by atoms with Gasteiger partial charge in [-0.15, -0.1) is 0 Å². The van der Waals surface area contributed by atoms with Crippen LogP contribution in [0, 0.1) is 18.8 Å². The van der Waals surface area contributed by atoms with Gasteiger partial charge in [0.05, 0.1) is 0 Å². The summed E-state index contributed by atoms with van der Waals surface area (Å²) in [6.45, 7) is 13.5. The molecule has 0 N–H and O–H groups in total. The number of aliphatic imine (C=N–C) groups is 2. The minimum absolute atomic E-state index is 0.0692. The standard InChI is InChI=1S/C30H41F3N4OS/c1-7-17-37(29-15-10-21(4)20-34-29)18-16-24(8-2)19-28(36-23(6)38)35-22(5)25(9-3)11-12-26-13-14-27(39-26)30(31,32)33/h10,15,20,24-25H,7-9,11-12,16-19H2,1-6H3. The molecule has 2 rings (SSSR count). The molecule has 2 heterocycles. The number of allylic oxidation sites excluding steroid dienone is 2. The van der Waals surface area contributed by atoms with Gasteiger partial charge in [-0.25, -0.2) is 9.98 Å². The molecule has 0 radical (unpaired) electrons. The first-order valence-corrected chi connectivity index (χ1v) is 14.6. The number of amides is 1. The van der Waals surface area contributed by atoms with Gasteiger partial charge in [-0.3, -0.25) is 4.79 Å². The highest BCUT2D eigenvalue weighted by Gasteiger charge is 2.36. The van der Waals surface area contributed by atoms with E-state index in [-0.39, 0.29) is 11.8 Å². The topological polar surface area (TPSA) is 57.9 Å². The van der Waals surface area contributed by atoms with Crippen molar-refractivity contribution in [1.82, 2.24) is 4.98 Å². The van der Waals surface area contributed by atoms with E-state index in [4.69, 9.17) is 4.99 Å². The Kier molecular flexibility index (Phi) is 13.3. The maximum Gasteiger partial charge on any atom is 0.430 e. The minimum atomic E-state index is -4.39. The minimum Gasteiger partial charge on any atom is -0.357 e. The quantitative estimate of drug-likeness (QED) is 0.130. The molecule has 2 unspecified atom stereocenters. The summed E-state index contributed by atoms with van der Waals surface area (Å²) in [7, 11) is 0. The van der Waals surface area contributed by atoms with Crippen molar-refractivity contribution in [2.24, 2.45) is 21.8 Å². The second-order valence-electron chi connectivity index (χ2n) is 9.99. The average molecular weight is 563 g/mol. The van der Waals surface area contributed by atoms with Crippen LogP contribution in [0.2, 0.25) is 0 Å². The molecule has 0 saturated heterocycles. The molecule has 5 nitrogen and oxygen atoms in total. The number of carbonyl (C=O) groups excluding carboxylic acids is 1. The molecule has 214 valence electrons. The summed E-state index contributed by atoms with van der Waals surface area (Å²) < 4.78 is 38.7. The van der Waals surface area contributed by atoms with E-state index in [1.807, 2.05) is 27.0 Å². The second-order valence-corrected chi connectivity index (χ2v) is 11.1. The number of amidine groups is 1. The number of hydrogen-bond donors (Lipinski definition) is 0. The number of carbonyl (C=O) groups is 1. The Labute approximate surface area is 235 Å². The van der Waals surface area contributed by atoms with Crippen LogP contribution in [0.1, 0.15) is 85.1 Å². The van der Waals surface area contributed by atoms with Crippen molar-refractivity contribution in [1.29, 1.82) is 0 Å². The number of anilines is 1. The smallest absolute Gasteiger partial charge is 0.357 e. The lowest BCUT2D eigenvalue weighted by Gasteiger charge is -2.26. The summed E-state index contributed by atoms with van der Waals surface area (Å²) in [5, 5.41) is 0. The van der Waals surface area contributed by atoms with Gasteiger partial charge in [0.15, 0.2) is 0 Å². The number of pyridine rings is 1. The van der Waals surface area contributed by atoms with E-state index in [1.54, 1.807) is 0 Å². The lowest BCUT2D eigenvalue weighted by Crippen LogP contribution is -2.28. The van der Waals surface area contributed by atoms with Gasteiger partial charge in [0.1, 0.15) is 16.6 Å². The number of alkyl halides is 3. The molecule has 0 aromatic carbocycles. The molecule has 0 saturated carbocycles. The van der Waals surface area contributed by atoms with E-state index in [9.17, 15) is 18.0 Å². The molecule has 1 aromatic rings. The van der Waals surface area contributed by atoms with E-state index >= 15 is 0 Å². The first-order valence-electron chi connectivity index (χ1n) is 13.8. The van der Waals surface area contributed by atoms with Crippen molar-refractivity contribution in [3.8, 4) is 0 Å². The van der Waals surface area contributed by atoms with Gasteiger partial charge in [0.2, 0.25) is 5.91 Å². The highest BCUT2D eigenvalue weighted by Crippen LogP contribution is 2.41. The molecule has 9 heteroatoms. The molecular weight excluding hydrogens is 521 g/mol. The van der Waals surface area contributed by atoms with Crippen molar-refractivity contribution < 1.29 is 18.0 Å². The predicted octanol–water partition coefficient (Wildman–Crippen LogP) is 8.46. The Morgan fingerprint density at radius 3 is 2.36 bits per heavy atom. The first-order chi connectivity index (χ1) is 18.5. The molecule has 0 fully saturated rings. The van der Waals surface area contributed by atoms with Crippen LogP contribution in [0.25, 0.3) is 0 Å². The number of thioether (sulfide) groups is 1. The Bertz CT molecular complexity index is 1130. The third-order valence-corrected chi connectivity index (χ3v) is 7.85. The zero-order valence-electron chi connectivity index (χ0n) is 24.0. The van der Waals surface area contributed by atoms with E-state index < -0.39 is 11.1 Å². The summed E-state index contributed by atoms with van der Waals surface area (Å²) >= 11 is 0.695. The van der Waals surface area contributed by atoms with E-state index in [0.29, 0.717) is 47.7 Å². The van der Waals surface area contributed by atoms with E-state index in [0.717, 1.165) is 55.9 Å². The van der Waals surface area contributed by atoms with Gasteiger partial charge in [-0.1, -0.05) is 50.8 Å². The van der Waals surface area contributed by atoms with Crippen molar-refractivity contribution >= 4 is 35.0 Å². The molecule has 1 aliphatic rings. The maximum absolute atomic E-state index is 12.9. The molecule has 1 amide bonds. The Morgan fingerprint density at radius 1 is 1.08 bits per heavy atom. The van der Waals surface area contributed by atoms with Crippen molar-refractivity contribution in [3.63, 3.8) is 0 Å². The lowest BCUT2D eigenvalue weighted by atomic mass is 9.94. The lowest BCUT2D eigenvalue weighted by molar-refractivity contribution is -0.115. The van der Waals surface area contributed by atoms with Gasteiger partial charge >= 0.3 is 6.18 Å². The van der Waals surface area contributed by atoms with Crippen molar-refractivity contribution in [2.45, 2.75) is 92.7 Å². The van der Waals surface area contributed by atoms with Crippen LogP contribution in [0.4, 0.5) is 19.0 Å². The van der Waals surface area contributed by atoms with Crippen LogP contribution in [-0.4, -0.2) is 41.7 Å². The van der Waals surface area contributed by atoms with Gasteiger partial charge in [0, 0.05) is 43.2 Å². The van der Waals surface area contributed by atoms with Crippen LogP contribution < -0.4 is 4.90 Å². The van der Waals surface area contributed by atoms with Crippen molar-refractivity contribution in [3.05, 3.63) is 45.2 Å². The number of nitrogens with zero attached hydrogens (tertiary/aromatic N) is 4. The zero-order chi connectivity index (χ0) is 29.0. The molecular formula is C30H41F3N4OS. The van der Waals surface area contributed by atoms with Gasteiger partial charge in [0.25, 0.3) is 0 Å². The molecule has 2 atom stereocenters. The average Bonchev–Trinajstić information content (AvgIpc) is 3.36. The largest absolute Gasteiger partial charge is 0.430 e. The highest BCUT2D eigenvalue weighted by molar-refractivity contribution is 8.06. The Hall–Kier alpha value is -2.60. The number of aryl methyl sites for hydroxylation is 1. The van der Waals surface area contributed by atoms with Gasteiger partial charge in [-0.05, 0) is 75.1 Å². The first kappa shape index (κ1) is 32.6. The number of aromatic nitrogens is 1. The fraction of sp³-hybridized carbons (Fsp3) is 0.600. The summed E-state index contributed by atoms with van der Waals surface area (Å²) in [4.78, 5) is 27.6. The predicted molar refractivity (Wildman–Crippen MR) is 156 cm³/mol. The van der Waals surface area contributed by atoms with Gasteiger partial charge < -0.3 is 4.90 Å². The zero-order valence-corrected chi connectivity index (χ0v) is 24.8. The maximum atomic E-state index is 12.9. The normalized spacial score (nSPS) is 15.7. The van der Waals surface area contributed by atoms with Gasteiger partial charge in [-0.2, -0.15) is 18.2 Å². The summed E-state index contributed by atoms with van der Waals surface area (Å²) in [5.74, 6) is 1.57. The summed E-state index contributed by atoms with van der Waals surface area (Å²) in [6, 6.07) is 4.13. The molecule has 0 bridgehead atoms.